The molecule has 0 radical (unpaired) electrons. The van der Waals surface area contributed by atoms with E-state index < -0.39 is 5.63 Å². The summed E-state index contributed by atoms with van der Waals surface area (Å²) in [6.45, 7) is 0.581. The quantitative estimate of drug-likeness (QED) is 0.308. The van der Waals surface area contributed by atoms with Crippen LogP contribution in [0.1, 0.15) is 11.1 Å². The van der Waals surface area contributed by atoms with Crippen LogP contribution < -0.4 is 5.63 Å². The Hall–Kier alpha value is -3.78. The normalized spacial score (nSPS) is 11.2. The number of benzene rings is 2. The van der Waals surface area contributed by atoms with Gasteiger partial charge in [0, 0.05) is 23.3 Å². The van der Waals surface area contributed by atoms with Crippen molar-refractivity contribution in [3.8, 4) is 17.3 Å². The van der Waals surface area contributed by atoms with Crippen LogP contribution in [0.25, 0.3) is 22.6 Å². The van der Waals surface area contributed by atoms with Gasteiger partial charge in [0.2, 0.25) is 5.82 Å². The minimum Gasteiger partial charge on any atom is -0.508 e. The van der Waals surface area contributed by atoms with Crippen LogP contribution in [0.2, 0.25) is 0 Å². The van der Waals surface area contributed by atoms with E-state index in [1.807, 2.05) is 47.0 Å². The average molecular weight is 431 g/mol. The summed E-state index contributed by atoms with van der Waals surface area (Å²) in [4.78, 5) is 12.0. The van der Waals surface area contributed by atoms with E-state index >= 15 is 0 Å². The fraction of sp³-hybridized carbons (Fsp3) is 0.0870. The molecule has 0 bridgehead atoms. The predicted molar refractivity (Wildman–Crippen MR) is 117 cm³/mol. The largest absolute Gasteiger partial charge is 0.508 e. The zero-order chi connectivity index (χ0) is 21.2. The molecular weight excluding hydrogens is 414 g/mol. The monoisotopic (exact) mass is 431 g/mol. The molecule has 0 fully saturated rings. The highest BCUT2D eigenvalue weighted by Gasteiger charge is 2.17. The molecule has 3 heterocycles. The maximum atomic E-state index is 12.0. The molecule has 7 nitrogen and oxygen atoms in total. The molecule has 2 aromatic carbocycles. The number of phenolic OH excluding ortho intramolecular Hbond substituents is 1. The van der Waals surface area contributed by atoms with E-state index in [-0.39, 0.29) is 5.75 Å². The lowest BCUT2D eigenvalue weighted by molar-refractivity contribution is 0.473. The number of furan rings is 1. The second-order valence-corrected chi connectivity index (χ2v) is 7.86. The van der Waals surface area contributed by atoms with Crippen LogP contribution in [0.15, 0.2) is 91.8 Å². The van der Waals surface area contributed by atoms with Gasteiger partial charge in [0.25, 0.3) is 0 Å². The highest BCUT2D eigenvalue weighted by molar-refractivity contribution is 7.98. The van der Waals surface area contributed by atoms with Crippen molar-refractivity contribution < 1.29 is 13.9 Å². The van der Waals surface area contributed by atoms with Gasteiger partial charge in [-0.1, -0.05) is 42.1 Å². The van der Waals surface area contributed by atoms with Crippen LogP contribution in [-0.2, 0) is 12.3 Å². The van der Waals surface area contributed by atoms with E-state index in [9.17, 15) is 9.90 Å². The molecule has 3 aromatic heterocycles. The molecule has 154 valence electrons. The molecule has 8 heteroatoms. The second kappa shape index (κ2) is 8.16. The first-order valence-electron chi connectivity index (χ1n) is 9.57. The zero-order valence-electron chi connectivity index (χ0n) is 16.3. The Kier molecular flexibility index (Phi) is 5.05. The lowest BCUT2D eigenvalue weighted by atomic mass is 10.1. The number of phenols is 1. The van der Waals surface area contributed by atoms with Crippen molar-refractivity contribution in [2.24, 2.45) is 0 Å². The zero-order valence-corrected chi connectivity index (χ0v) is 17.1. The van der Waals surface area contributed by atoms with Gasteiger partial charge in [0.05, 0.1) is 12.8 Å². The topological polar surface area (TPSA) is 94.3 Å². The Bertz CT molecular complexity index is 1390. The van der Waals surface area contributed by atoms with Crippen LogP contribution >= 0.6 is 11.8 Å². The van der Waals surface area contributed by atoms with Crippen LogP contribution in [0.3, 0.4) is 0 Å². The molecule has 0 spiro atoms. The van der Waals surface area contributed by atoms with E-state index in [0.717, 1.165) is 16.5 Å². The van der Waals surface area contributed by atoms with Gasteiger partial charge in [-0.15, -0.1) is 10.2 Å². The van der Waals surface area contributed by atoms with Crippen molar-refractivity contribution in [2.75, 3.05) is 0 Å². The van der Waals surface area contributed by atoms with Gasteiger partial charge < -0.3 is 13.9 Å². The Morgan fingerprint density at radius 1 is 1.00 bits per heavy atom. The Labute approximate surface area is 181 Å². The number of aromatic hydroxyl groups is 1. The molecule has 1 N–H and O–H groups in total. The molecule has 0 saturated carbocycles. The summed E-state index contributed by atoms with van der Waals surface area (Å²) in [5.74, 6) is 1.80. The Morgan fingerprint density at radius 3 is 2.68 bits per heavy atom. The molecule has 0 aliphatic carbocycles. The molecule has 5 rings (SSSR count). The molecule has 0 atom stereocenters. The van der Waals surface area contributed by atoms with Crippen molar-refractivity contribution >= 4 is 22.7 Å². The minimum atomic E-state index is -0.462. The van der Waals surface area contributed by atoms with E-state index in [0.29, 0.717) is 34.6 Å². The lowest BCUT2D eigenvalue weighted by Crippen LogP contribution is -2.04. The number of nitrogens with zero attached hydrogens (tertiary/aromatic N) is 3. The first-order chi connectivity index (χ1) is 15.2. The number of hydrogen-bond donors (Lipinski definition) is 1. The highest BCUT2D eigenvalue weighted by atomic mass is 32.2. The van der Waals surface area contributed by atoms with Crippen LogP contribution in [0.5, 0.6) is 5.75 Å². The molecule has 0 saturated heterocycles. The smallest absolute Gasteiger partial charge is 0.336 e. The second-order valence-electron chi connectivity index (χ2n) is 6.92. The van der Waals surface area contributed by atoms with E-state index in [4.69, 9.17) is 8.83 Å². The molecule has 31 heavy (non-hydrogen) atoms. The summed E-state index contributed by atoms with van der Waals surface area (Å²) in [7, 11) is 0. The number of fused-ring (bicyclic) bond motifs is 1. The number of rotatable bonds is 6. The minimum absolute atomic E-state index is 0.0474. The van der Waals surface area contributed by atoms with Crippen LogP contribution in [0, 0.1) is 0 Å². The fourth-order valence-electron chi connectivity index (χ4n) is 3.37. The Balaban J connectivity index is 1.50. The van der Waals surface area contributed by atoms with Gasteiger partial charge in [-0.2, -0.15) is 0 Å². The van der Waals surface area contributed by atoms with Crippen molar-refractivity contribution in [3.05, 3.63) is 94.5 Å². The third-order valence-electron chi connectivity index (χ3n) is 4.81. The third kappa shape index (κ3) is 3.97. The van der Waals surface area contributed by atoms with E-state index in [1.54, 1.807) is 18.4 Å². The van der Waals surface area contributed by atoms with Gasteiger partial charge >= 0.3 is 5.63 Å². The number of thioether (sulfide) groups is 1. The summed E-state index contributed by atoms with van der Waals surface area (Å²) in [6.07, 6.45) is 1.61. The first kappa shape index (κ1) is 19.2. The lowest BCUT2D eigenvalue weighted by Gasteiger charge is -2.10. The van der Waals surface area contributed by atoms with Crippen molar-refractivity contribution in [1.82, 2.24) is 14.8 Å². The average Bonchev–Trinajstić information content (AvgIpc) is 3.42. The first-order valence-corrected chi connectivity index (χ1v) is 10.6. The summed E-state index contributed by atoms with van der Waals surface area (Å²) in [6, 6.07) is 19.9. The summed E-state index contributed by atoms with van der Waals surface area (Å²) >= 11 is 1.47. The maximum absolute atomic E-state index is 12.0. The van der Waals surface area contributed by atoms with Gasteiger partial charge in [-0.05, 0) is 35.4 Å². The summed E-state index contributed by atoms with van der Waals surface area (Å²) in [5, 5.41) is 19.9. The fourth-order valence-corrected chi connectivity index (χ4v) is 4.30. The van der Waals surface area contributed by atoms with Crippen molar-refractivity contribution in [2.45, 2.75) is 17.5 Å². The van der Waals surface area contributed by atoms with Gasteiger partial charge in [0.1, 0.15) is 11.3 Å². The van der Waals surface area contributed by atoms with Gasteiger partial charge in [-0.3, -0.25) is 4.57 Å². The summed E-state index contributed by atoms with van der Waals surface area (Å²) < 4.78 is 12.8. The van der Waals surface area contributed by atoms with Gasteiger partial charge in [0.15, 0.2) is 10.9 Å². The van der Waals surface area contributed by atoms with E-state index in [1.165, 1.54) is 23.9 Å². The Morgan fingerprint density at radius 2 is 1.87 bits per heavy atom. The van der Waals surface area contributed by atoms with Crippen LogP contribution in [-0.4, -0.2) is 19.9 Å². The molecule has 0 amide bonds. The predicted octanol–water partition coefficient (Wildman–Crippen LogP) is 4.69. The SMILES string of the molecule is O=c1cc(CSc2nnc(-c3ccco3)n2Cc2ccccc2)c2ccc(O)cc2o1. The summed E-state index contributed by atoms with van der Waals surface area (Å²) in [5.41, 5.74) is 1.80. The van der Waals surface area contributed by atoms with Crippen LogP contribution in [0.4, 0.5) is 0 Å². The highest BCUT2D eigenvalue weighted by Crippen LogP contribution is 2.30. The molecule has 0 aliphatic heterocycles. The molecular formula is C23H17N3O4S. The molecule has 5 aromatic rings. The molecule has 0 unspecified atom stereocenters. The number of aromatic nitrogens is 3. The van der Waals surface area contributed by atoms with Crippen molar-refractivity contribution in [3.63, 3.8) is 0 Å². The maximum Gasteiger partial charge on any atom is 0.336 e. The van der Waals surface area contributed by atoms with Gasteiger partial charge in [-0.25, -0.2) is 4.79 Å². The standard InChI is InChI=1S/C23H17N3O4S/c27-17-8-9-18-16(11-21(28)30-20(18)12-17)14-31-23-25-24-22(19-7-4-10-29-19)26(23)13-15-5-2-1-3-6-15/h1-12,27H,13-14H2. The molecule has 0 aliphatic rings. The van der Waals surface area contributed by atoms with E-state index in [2.05, 4.69) is 10.2 Å². The number of hydrogen-bond acceptors (Lipinski definition) is 7. The third-order valence-corrected chi connectivity index (χ3v) is 5.83. The van der Waals surface area contributed by atoms with Crippen molar-refractivity contribution in [1.29, 1.82) is 0 Å².